The van der Waals surface area contributed by atoms with Crippen molar-refractivity contribution in [2.75, 3.05) is 0 Å². The fourth-order valence-corrected chi connectivity index (χ4v) is 2.29. The molecule has 0 spiro atoms. The van der Waals surface area contributed by atoms with Crippen LogP contribution >= 0.6 is 0 Å². The highest BCUT2D eigenvalue weighted by atomic mass is 16.1. The van der Waals surface area contributed by atoms with E-state index in [-0.39, 0.29) is 5.78 Å². The number of nitrogens with one attached hydrogen (secondary N) is 1. The van der Waals surface area contributed by atoms with Gasteiger partial charge in [0.1, 0.15) is 0 Å². The Morgan fingerprint density at radius 3 is 1.50 bits per heavy atom. The predicted molar refractivity (Wildman–Crippen MR) is 83.0 cm³/mol. The van der Waals surface area contributed by atoms with Gasteiger partial charge in [-0.15, -0.1) is 0 Å². The normalized spacial score (nSPS) is 9.90. The molecule has 0 aliphatic carbocycles. The highest BCUT2D eigenvalue weighted by molar-refractivity contribution is 6.26. The summed E-state index contributed by atoms with van der Waals surface area (Å²) in [6.45, 7) is 3.17. The van der Waals surface area contributed by atoms with Gasteiger partial charge in [-0.25, -0.2) is 0 Å². The van der Waals surface area contributed by atoms with Crippen molar-refractivity contribution >= 4 is 17.1 Å². The first-order valence-corrected chi connectivity index (χ1v) is 6.53. The molecule has 0 amide bonds. The van der Waals surface area contributed by atoms with Gasteiger partial charge in [-0.1, -0.05) is 60.7 Å². The first-order valence-electron chi connectivity index (χ1n) is 6.53. The first-order chi connectivity index (χ1) is 9.61. The Bertz CT molecular complexity index is 597. The highest BCUT2D eigenvalue weighted by Gasteiger charge is 2.16. The molecule has 20 heavy (non-hydrogen) atoms. The fraction of sp³-hybridized carbons (Fsp3) is 0.111. The SMILES string of the molecule is CC(=N)C(C(C)=O)=C(c1ccccc1)c1ccccc1. The molecular weight excluding hydrogens is 246 g/mol. The average molecular weight is 263 g/mol. The molecule has 2 aromatic carbocycles. The van der Waals surface area contributed by atoms with Crippen LogP contribution in [-0.4, -0.2) is 11.5 Å². The second kappa shape index (κ2) is 6.11. The molecule has 2 heteroatoms. The standard InChI is InChI=1S/C18H17NO/c1-13(19)17(14(2)20)18(15-9-5-3-6-10-15)16-11-7-4-8-12-16/h3-12,19H,1-2H3. The molecule has 0 unspecified atom stereocenters. The van der Waals surface area contributed by atoms with Crippen molar-refractivity contribution in [3.8, 4) is 0 Å². The van der Waals surface area contributed by atoms with Gasteiger partial charge in [-0.3, -0.25) is 4.79 Å². The number of hydrogen-bond acceptors (Lipinski definition) is 2. The molecule has 2 rings (SSSR count). The van der Waals surface area contributed by atoms with Crippen molar-refractivity contribution < 1.29 is 4.79 Å². The molecule has 0 radical (unpaired) electrons. The molecule has 0 aromatic heterocycles. The highest BCUT2D eigenvalue weighted by Crippen LogP contribution is 2.27. The molecule has 1 N–H and O–H groups in total. The van der Waals surface area contributed by atoms with Gasteiger partial charge in [0.05, 0.1) is 0 Å². The molecule has 0 saturated carbocycles. The van der Waals surface area contributed by atoms with Gasteiger partial charge in [0.2, 0.25) is 0 Å². The lowest BCUT2D eigenvalue weighted by molar-refractivity contribution is -0.113. The summed E-state index contributed by atoms with van der Waals surface area (Å²) in [5, 5.41) is 7.93. The molecule has 0 aliphatic rings. The largest absolute Gasteiger partial charge is 0.305 e. The second-order valence-electron chi connectivity index (χ2n) is 4.66. The van der Waals surface area contributed by atoms with Gasteiger partial charge in [-0.05, 0) is 25.0 Å². The van der Waals surface area contributed by atoms with Crippen LogP contribution in [0.2, 0.25) is 0 Å². The minimum absolute atomic E-state index is 0.0831. The summed E-state index contributed by atoms with van der Waals surface area (Å²) in [5.41, 5.74) is 3.50. The van der Waals surface area contributed by atoms with E-state index in [2.05, 4.69) is 0 Å². The molecular formula is C18H17NO. The average Bonchev–Trinajstić information content (AvgIpc) is 2.45. The number of hydrogen-bond donors (Lipinski definition) is 1. The number of ketones is 1. The summed E-state index contributed by atoms with van der Waals surface area (Å²) in [5.74, 6) is -0.0831. The maximum absolute atomic E-state index is 12.0. The summed E-state index contributed by atoms with van der Waals surface area (Å²) < 4.78 is 0. The number of carbonyl (C=O) groups excluding carboxylic acids is 1. The van der Waals surface area contributed by atoms with E-state index in [1.165, 1.54) is 6.92 Å². The smallest absolute Gasteiger partial charge is 0.162 e. The van der Waals surface area contributed by atoms with Crippen LogP contribution in [0.5, 0.6) is 0 Å². The van der Waals surface area contributed by atoms with Crippen LogP contribution in [-0.2, 0) is 4.79 Å². The van der Waals surface area contributed by atoms with Crippen molar-refractivity contribution in [1.82, 2.24) is 0 Å². The first kappa shape index (κ1) is 13.9. The van der Waals surface area contributed by atoms with E-state index in [9.17, 15) is 4.79 Å². The molecule has 100 valence electrons. The van der Waals surface area contributed by atoms with Crippen LogP contribution in [0.25, 0.3) is 5.57 Å². The van der Waals surface area contributed by atoms with Gasteiger partial charge in [0, 0.05) is 16.9 Å². The van der Waals surface area contributed by atoms with E-state index in [1.54, 1.807) is 6.92 Å². The van der Waals surface area contributed by atoms with Gasteiger partial charge < -0.3 is 5.41 Å². The van der Waals surface area contributed by atoms with Crippen LogP contribution in [0.4, 0.5) is 0 Å². The van der Waals surface area contributed by atoms with Crippen molar-refractivity contribution in [3.05, 3.63) is 77.4 Å². The summed E-state index contributed by atoms with van der Waals surface area (Å²) in [7, 11) is 0. The van der Waals surface area contributed by atoms with E-state index in [0.717, 1.165) is 16.7 Å². The maximum Gasteiger partial charge on any atom is 0.162 e. The summed E-state index contributed by atoms with van der Waals surface area (Å²) >= 11 is 0. The lowest BCUT2D eigenvalue weighted by Crippen LogP contribution is -2.10. The number of benzene rings is 2. The monoisotopic (exact) mass is 263 g/mol. The van der Waals surface area contributed by atoms with E-state index in [1.807, 2.05) is 60.7 Å². The Morgan fingerprint density at radius 2 is 1.20 bits per heavy atom. The zero-order valence-corrected chi connectivity index (χ0v) is 11.7. The Labute approximate surface area is 119 Å². The molecule has 0 atom stereocenters. The predicted octanol–water partition coefficient (Wildman–Crippen LogP) is 4.12. The van der Waals surface area contributed by atoms with Crippen molar-refractivity contribution in [2.24, 2.45) is 0 Å². The third-order valence-electron chi connectivity index (χ3n) is 3.10. The van der Waals surface area contributed by atoms with E-state index in [4.69, 9.17) is 5.41 Å². The van der Waals surface area contributed by atoms with Gasteiger partial charge in [0.15, 0.2) is 5.78 Å². The Morgan fingerprint density at radius 1 is 0.800 bits per heavy atom. The van der Waals surface area contributed by atoms with Gasteiger partial charge >= 0.3 is 0 Å². The molecule has 0 aliphatic heterocycles. The van der Waals surface area contributed by atoms with E-state index < -0.39 is 0 Å². The van der Waals surface area contributed by atoms with Crippen LogP contribution in [0.1, 0.15) is 25.0 Å². The van der Waals surface area contributed by atoms with Crippen LogP contribution in [0.3, 0.4) is 0 Å². The minimum atomic E-state index is -0.0831. The molecule has 0 bridgehead atoms. The van der Waals surface area contributed by atoms with Gasteiger partial charge in [0.25, 0.3) is 0 Å². The molecule has 0 saturated heterocycles. The molecule has 2 nitrogen and oxygen atoms in total. The fourth-order valence-electron chi connectivity index (χ4n) is 2.29. The molecule has 0 heterocycles. The third kappa shape index (κ3) is 2.91. The Balaban J connectivity index is 2.77. The topological polar surface area (TPSA) is 40.9 Å². The molecule has 2 aromatic rings. The van der Waals surface area contributed by atoms with Crippen molar-refractivity contribution in [2.45, 2.75) is 13.8 Å². The third-order valence-corrected chi connectivity index (χ3v) is 3.10. The molecule has 0 fully saturated rings. The van der Waals surface area contributed by atoms with E-state index >= 15 is 0 Å². The lowest BCUT2D eigenvalue weighted by atomic mass is 9.89. The van der Waals surface area contributed by atoms with Crippen LogP contribution < -0.4 is 0 Å². The second-order valence-corrected chi connectivity index (χ2v) is 4.66. The van der Waals surface area contributed by atoms with Crippen LogP contribution in [0.15, 0.2) is 66.2 Å². The Kier molecular flexibility index (Phi) is 4.26. The Hall–Kier alpha value is -2.48. The van der Waals surface area contributed by atoms with Gasteiger partial charge in [-0.2, -0.15) is 0 Å². The lowest BCUT2D eigenvalue weighted by Gasteiger charge is -2.14. The van der Waals surface area contributed by atoms with Crippen LogP contribution in [0, 0.1) is 5.41 Å². The van der Waals surface area contributed by atoms with E-state index in [0.29, 0.717) is 11.3 Å². The summed E-state index contributed by atoms with van der Waals surface area (Å²) in [6.07, 6.45) is 0. The van der Waals surface area contributed by atoms with Crippen molar-refractivity contribution in [3.63, 3.8) is 0 Å². The quantitative estimate of drug-likeness (QED) is 0.654. The summed E-state index contributed by atoms with van der Waals surface area (Å²) in [6, 6.07) is 19.5. The number of Topliss-reactive ketones (excluding diaryl/α,β-unsaturated/α-hetero) is 1. The maximum atomic E-state index is 12.0. The number of carbonyl (C=O) groups is 1. The number of rotatable bonds is 4. The zero-order valence-electron chi connectivity index (χ0n) is 11.7. The van der Waals surface area contributed by atoms with Crippen molar-refractivity contribution in [1.29, 1.82) is 5.41 Å². The zero-order chi connectivity index (χ0) is 14.5. The summed E-state index contributed by atoms with van der Waals surface area (Å²) in [4.78, 5) is 12.0. The minimum Gasteiger partial charge on any atom is -0.305 e. The number of allylic oxidation sites excluding steroid dienone is 1.